The molecule has 0 unspecified atom stereocenters. The van der Waals surface area contributed by atoms with Gasteiger partial charge in [0.05, 0.1) is 5.02 Å². The quantitative estimate of drug-likeness (QED) is 0.880. The van der Waals surface area contributed by atoms with E-state index in [0.717, 1.165) is 29.7 Å². The Hall–Kier alpha value is -0.930. The lowest BCUT2D eigenvalue weighted by molar-refractivity contribution is 0.171. The number of benzene rings is 1. The summed E-state index contributed by atoms with van der Waals surface area (Å²) >= 11 is 6.47. The lowest BCUT2D eigenvalue weighted by Crippen LogP contribution is -2.23. The number of nitrogens with two attached hydrogens (primary N) is 1. The summed E-state index contributed by atoms with van der Waals surface area (Å²) in [6.45, 7) is 3.86. The minimum Gasteiger partial charge on any atom is -0.486 e. The van der Waals surface area contributed by atoms with Crippen molar-refractivity contribution in [1.82, 2.24) is 0 Å². The van der Waals surface area contributed by atoms with E-state index in [9.17, 15) is 0 Å². The van der Waals surface area contributed by atoms with E-state index in [1.807, 2.05) is 6.07 Å². The summed E-state index contributed by atoms with van der Waals surface area (Å²) in [4.78, 5) is 0. The van der Waals surface area contributed by atoms with Gasteiger partial charge >= 0.3 is 0 Å². The van der Waals surface area contributed by atoms with Crippen molar-refractivity contribution in [3.05, 3.63) is 22.2 Å². The van der Waals surface area contributed by atoms with Crippen molar-refractivity contribution in [2.24, 2.45) is 5.73 Å². The van der Waals surface area contributed by atoms with E-state index in [0.29, 0.717) is 30.5 Å². The monoisotopic (exact) mass is 253 g/mol. The van der Waals surface area contributed by atoms with Crippen LogP contribution in [0.3, 0.4) is 0 Å². The van der Waals surface area contributed by atoms with Crippen LogP contribution in [0.15, 0.2) is 6.07 Å². The second kappa shape index (κ2) is 3.79. The Kier molecular flexibility index (Phi) is 2.49. The van der Waals surface area contributed by atoms with Crippen molar-refractivity contribution in [3.8, 4) is 11.5 Å². The van der Waals surface area contributed by atoms with Crippen molar-refractivity contribution in [2.75, 3.05) is 19.8 Å². The topological polar surface area (TPSA) is 44.5 Å². The van der Waals surface area contributed by atoms with Crippen LogP contribution in [0.25, 0.3) is 0 Å². The van der Waals surface area contributed by atoms with Gasteiger partial charge in [0.2, 0.25) is 0 Å². The zero-order chi connectivity index (χ0) is 12.0. The first kappa shape index (κ1) is 11.2. The summed E-state index contributed by atoms with van der Waals surface area (Å²) in [6.07, 6.45) is 2.23. The highest BCUT2D eigenvalue weighted by molar-refractivity contribution is 6.33. The molecule has 3 nitrogen and oxygen atoms in total. The fourth-order valence-corrected chi connectivity index (χ4v) is 3.12. The molecule has 0 saturated heterocycles. The van der Waals surface area contributed by atoms with E-state index in [-0.39, 0.29) is 5.41 Å². The summed E-state index contributed by atoms with van der Waals surface area (Å²) < 4.78 is 11.2. The number of ether oxygens (including phenoxy) is 2. The zero-order valence-corrected chi connectivity index (χ0v) is 10.6. The average Bonchev–Trinajstić information content (AvgIpc) is 3.10. The molecule has 0 amide bonds. The maximum Gasteiger partial charge on any atom is 0.180 e. The number of hydrogen-bond acceptors (Lipinski definition) is 3. The Balaban J connectivity index is 2.16. The van der Waals surface area contributed by atoms with Gasteiger partial charge in [0.15, 0.2) is 11.5 Å². The molecule has 0 aromatic heterocycles. The number of hydrogen-bond donors (Lipinski definition) is 1. The summed E-state index contributed by atoms with van der Waals surface area (Å²) in [5, 5.41) is 0.697. The number of fused-ring (bicyclic) bond motifs is 1. The molecule has 2 aliphatic rings. The second-order valence-electron chi connectivity index (χ2n) is 4.89. The molecule has 1 saturated carbocycles. The highest BCUT2D eigenvalue weighted by Gasteiger charge is 2.46. The molecule has 1 heterocycles. The maximum atomic E-state index is 6.47. The third-order valence-electron chi connectivity index (χ3n) is 3.75. The molecule has 1 aromatic carbocycles. The summed E-state index contributed by atoms with van der Waals surface area (Å²) in [6, 6.07) is 2.02. The molecule has 1 aliphatic carbocycles. The zero-order valence-electron chi connectivity index (χ0n) is 9.88. The fraction of sp³-hybridized carbons (Fsp3) is 0.538. The first-order chi connectivity index (χ1) is 8.18. The van der Waals surface area contributed by atoms with Gasteiger partial charge in [-0.25, -0.2) is 0 Å². The Morgan fingerprint density at radius 1 is 1.35 bits per heavy atom. The molecule has 3 rings (SSSR count). The van der Waals surface area contributed by atoms with Crippen molar-refractivity contribution in [1.29, 1.82) is 0 Å². The largest absolute Gasteiger partial charge is 0.486 e. The van der Waals surface area contributed by atoms with Gasteiger partial charge in [-0.2, -0.15) is 0 Å². The van der Waals surface area contributed by atoms with Crippen LogP contribution in [-0.4, -0.2) is 19.8 Å². The normalized spacial score (nSPS) is 20.2. The fourth-order valence-electron chi connectivity index (χ4n) is 2.62. The first-order valence-electron chi connectivity index (χ1n) is 5.97. The lowest BCUT2D eigenvalue weighted by Gasteiger charge is -2.25. The Morgan fingerprint density at radius 2 is 2.06 bits per heavy atom. The van der Waals surface area contributed by atoms with Crippen molar-refractivity contribution >= 4 is 11.6 Å². The number of aryl methyl sites for hydroxylation is 1. The van der Waals surface area contributed by atoms with E-state index >= 15 is 0 Å². The molecule has 1 aromatic rings. The van der Waals surface area contributed by atoms with E-state index in [1.165, 1.54) is 0 Å². The van der Waals surface area contributed by atoms with Gasteiger partial charge in [-0.05, 0) is 37.0 Å². The molecule has 0 spiro atoms. The lowest BCUT2D eigenvalue weighted by atomic mass is 9.91. The Morgan fingerprint density at radius 3 is 2.71 bits per heavy atom. The highest BCUT2D eigenvalue weighted by Crippen LogP contribution is 2.54. The predicted octanol–water partition coefficient (Wildman–Crippen LogP) is 2.41. The molecule has 1 aliphatic heterocycles. The van der Waals surface area contributed by atoms with Crippen molar-refractivity contribution < 1.29 is 9.47 Å². The SMILES string of the molecule is Cc1cc2c(c(Cl)c1C1(CN)CC1)OCCO2. The van der Waals surface area contributed by atoms with Gasteiger partial charge in [-0.3, -0.25) is 0 Å². The van der Waals surface area contributed by atoms with E-state index in [1.54, 1.807) is 0 Å². The van der Waals surface area contributed by atoms with Crippen LogP contribution in [0.5, 0.6) is 11.5 Å². The summed E-state index contributed by atoms with van der Waals surface area (Å²) in [7, 11) is 0. The van der Waals surface area contributed by atoms with Gasteiger partial charge in [-0.15, -0.1) is 0 Å². The van der Waals surface area contributed by atoms with E-state index in [4.69, 9.17) is 26.8 Å². The minimum absolute atomic E-state index is 0.0804. The third kappa shape index (κ3) is 1.60. The molecule has 2 N–H and O–H groups in total. The van der Waals surface area contributed by atoms with Crippen LogP contribution in [0.1, 0.15) is 24.0 Å². The van der Waals surface area contributed by atoms with Crippen LogP contribution in [0.4, 0.5) is 0 Å². The van der Waals surface area contributed by atoms with E-state index in [2.05, 4.69) is 6.92 Å². The standard InChI is InChI=1S/C13H16ClNO2/c1-8-6-9-12(17-5-4-16-9)11(14)10(8)13(7-15)2-3-13/h6H,2-5,7,15H2,1H3. The van der Waals surface area contributed by atoms with Gasteiger partial charge in [0.1, 0.15) is 13.2 Å². The second-order valence-corrected chi connectivity index (χ2v) is 5.27. The average molecular weight is 254 g/mol. The van der Waals surface area contributed by atoms with Crippen LogP contribution >= 0.6 is 11.6 Å². The van der Waals surface area contributed by atoms with Crippen LogP contribution in [0, 0.1) is 6.92 Å². The summed E-state index contributed by atoms with van der Waals surface area (Å²) in [5.74, 6) is 1.45. The van der Waals surface area contributed by atoms with Gasteiger partial charge in [0.25, 0.3) is 0 Å². The highest BCUT2D eigenvalue weighted by atomic mass is 35.5. The smallest absolute Gasteiger partial charge is 0.180 e. The minimum atomic E-state index is 0.0804. The molecule has 1 fully saturated rings. The third-order valence-corrected chi connectivity index (χ3v) is 4.11. The van der Waals surface area contributed by atoms with E-state index < -0.39 is 0 Å². The van der Waals surface area contributed by atoms with Crippen LogP contribution in [0.2, 0.25) is 5.02 Å². The van der Waals surface area contributed by atoms with Gasteiger partial charge in [-0.1, -0.05) is 11.6 Å². The van der Waals surface area contributed by atoms with Gasteiger partial charge in [0, 0.05) is 12.0 Å². The number of rotatable bonds is 2. The molecular formula is C13H16ClNO2. The molecule has 0 bridgehead atoms. The van der Waals surface area contributed by atoms with Crippen LogP contribution < -0.4 is 15.2 Å². The van der Waals surface area contributed by atoms with Gasteiger partial charge < -0.3 is 15.2 Å². The van der Waals surface area contributed by atoms with Crippen molar-refractivity contribution in [2.45, 2.75) is 25.2 Å². The molecule has 17 heavy (non-hydrogen) atoms. The Labute approximate surface area is 106 Å². The molecule has 4 heteroatoms. The predicted molar refractivity (Wildman–Crippen MR) is 67.1 cm³/mol. The van der Waals surface area contributed by atoms with Crippen molar-refractivity contribution in [3.63, 3.8) is 0 Å². The number of halogens is 1. The molecule has 0 atom stereocenters. The molecular weight excluding hydrogens is 238 g/mol. The maximum absolute atomic E-state index is 6.47. The first-order valence-corrected chi connectivity index (χ1v) is 6.35. The molecule has 92 valence electrons. The molecule has 0 radical (unpaired) electrons. The Bertz CT molecular complexity index is 469. The van der Waals surface area contributed by atoms with Crippen LogP contribution in [-0.2, 0) is 5.41 Å². The summed E-state index contributed by atoms with van der Waals surface area (Å²) in [5.41, 5.74) is 8.28.